The van der Waals surface area contributed by atoms with E-state index in [0.29, 0.717) is 41.5 Å². The number of para-hydroxylation sites is 2. The first-order valence-corrected chi connectivity index (χ1v) is 10.8. The number of hydrogen-bond donors (Lipinski definition) is 0. The van der Waals surface area contributed by atoms with Crippen LogP contribution in [0.1, 0.15) is 24.4 Å². The van der Waals surface area contributed by atoms with Crippen molar-refractivity contribution in [3.8, 4) is 17.8 Å². The van der Waals surface area contributed by atoms with Gasteiger partial charge in [-0.3, -0.25) is 13.7 Å². The van der Waals surface area contributed by atoms with Gasteiger partial charge in [0, 0.05) is 18.5 Å². The van der Waals surface area contributed by atoms with Gasteiger partial charge in [-0.25, -0.2) is 19.2 Å². The van der Waals surface area contributed by atoms with Crippen LogP contribution in [0.5, 0.6) is 5.75 Å². The van der Waals surface area contributed by atoms with E-state index < -0.39 is 11.9 Å². The van der Waals surface area contributed by atoms with E-state index in [1.165, 1.54) is 16.7 Å². The van der Waals surface area contributed by atoms with Crippen LogP contribution in [0.25, 0.3) is 28.1 Å². The molecule has 5 aromatic rings. The molecule has 0 spiro atoms. The maximum atomic E-state index is 14.1. The highest BCUT2D eigenvalue weighted by Crippen LogP contribution is 2.36. The van der Waals surface area contributed by atoms with Crippen molar-refractivity contribution in [3.63, 3.8) is 0 Å². The number of benzene rings is 2. The van der Waals surface area contributed by atoms with Crippen LogP contribution in [-0.4, -0.2) is 35.3 Å². The van der Waals surface area contributed by atoms with Crippen LogP contribution in [-0.2, 0) is 6.54 Å². The minimum absolute atomic E-state index is 0.159. The monoisotopic (exact) mass is 455 g/mol. The maximum Gasteiger partial charge on any atom is 0.330 e. The van der Waals surface area contributed by atoms with E-state index in [1.54, 1.807) is 27.7 Å². The molecule has 0 amide bonds. The zero-order valence-electron chi connectivity index (χ0n) is 17.9. The normalized spacial score (nSPS) is 15.2. The summed E-state index contributed by atoms with van der Waals surface area (Å²) >= 11 is 0. The average Bonchev–Trinajstić information content (AvgIpc) is 3.40. The van der Waals surface area contributed by atoms with Crippen LogP contribution in [0, 0.1) is 17.1 Å². The highest BCUT2D eigenvalue weighted by molar-refractivity contribution is 5.77. The summed E-state index contributed by atoms with van der Waals surface area (Å²) in [5, 5.41) is 9.10. The fourth-order valence-electron chi connectivity index (χ4n) is 4.56. The van der Waals surface area contributed by atoms with Gasteiger partial charge in [0.05, 0.1) is 42.4 Å². The fraction of sp³-hybridized carbons (Fsp3) is 0.208. The molecule has 1 aliphatic heterocycles. The topological polar surface area (TPSA) is 104 Å². The molecule has 0 unspecified atom stereocenters. The third-order valence-electron chi connectivity index (χ3n) is 6.10. The summed E-state index contributed by atoms with van der Waals surface area (Å²) in [6, 6.07) is 13.5. The van der Waals surface area contributed by atoms with Crippen LogP contribution in [0.15, 0.2) is 59.8 Å². The number of nitrogens with zero attached hydrogens (tertiary/aromatic N) is 7. The van der Waals surface area contributed by atoms with Gasteiger partial charge in [0.25, 0.3) is 0 Å². The molecule has 0 saturated heterocycles. The van der Waals surface area contributed by atoms with E-state index in [0.717, 1.165) is 11.0 Å². The largest absolute Gasteiger partial charge is 0.493 e. The molecule has 0 saturated carbocycles. The first-order valence-electron chi connectivity index (χ1n) is 10.8. The number of hydrogen-bond acceptors (Lipinski definition) is 6. The highest BCUT2D eigenvalue weighted by Gasteiger charge is 2.29. The summed E-state index contributed by atoms with van der Waals surface area (Å²) in [5.74, 6) is 0.493. The molecule has 0 fully saturated rings. The molecule has 0 bridgehead atoms. The van der Waals surface area contributed by atoms with Crippen LogP contribution < -0.4 is 10.4 Å². The van der Waals surface area contributed by atoms with Gasteiger partial charge < -0.3 is 4.74 Å². The lowest BCUT2D eigenvalue weighted by Crippen LogP contribution is -2.31. The van der Waals surface area contributed by atoms with Gasteiger partial charge in [-0.1, -0.05) is 12.1 Å². The lowest BCUT2D eigenvalue weighted by molar-refractivity contribution is 0.254. The molecule has 3 aromatic heterocycles. The summed E-state index contributed by atoms with van der Waals surface area (Å²) < 4.78 is 24.7. The third kappa shape index (κ3) is 3.05. The Labute approximate surface area is 192 Å². The van der Waals surface area contributed by atoms with Gasteiger partial charge in [0.15, 0.2) is 5.65 Å². The smallest absolute Gasteiger partial charge is 0.330 e. The quantitative estimate of drug-likeness (QED) is 0.412. The Kier molecular flexibility index (Phi) is 4.62. The third-order valence-corrected chi connectivity index (χ3v) is 6.10. The molecule has 1 aliphatic rings. The van der Waals surface area contributed by atoms with Crippen molar-refractivity contribution >= 4 is 22.2 Å². The van der Waals surface area contributed by atoms with E-state index in [4.69, 9.17) is 15.0 Å². The zero-order chi connectivity index (χ0) is 23.2. The van der Waals surface area contributed by atoms with Crippen molar-refractivity contribution in [3.05, 3.63) is 76.9 Å². The lowest BCUT2D eigenvalue weighted by Gasteiger charge is -2.26. The lowest BCUT2D eigenvalue weighted by atomic mass is 10.00. The van der Waals surface area contributed by atoms with Crippen LogP contribution in [0.4, 0.5) is 4.39 Å². The summed E-state index contributed by atoms with van der Waals surface area (Å²) in [7, 11) is 0. The van der Waals surface area contributed by atoms with Crippen LogP contribution in [0.3, 0.4) is 0 Å². The predicted molar refractivity (Wildman–Crippen MR) is 121 cm³/mol. The molecular formula is C24H18FN7O2. The Morgan fingerprint density at radius 3 is 2.94 bits per heavy atom. The van der Waals surface area contributed by atoms with Crippen LogP contribution in [0.2, 0.25) is 0 Å². The number of aromatic nitrogens is 6. The Balaban J connectivity index is 1.60. The number of halogens is 1. The van der Waals surface area contributed by atoms with Gasteiger partial charge in [0.1, 0.15) is 23.4 Å². The molecule has 4 heterocycles. The number of rotatable bonds is 4. The van der Waals surface area contributed by atoms with Gasteiger partial charge in [0.2, 0.25) is 5.95 Å². The van der Waals surface area contributed by atoms with E-state index in [1.807, 2.05) is 24.3 Å². The Morgan fingerprint density at radius 1 is 1.18 bits per heavy atom. The average molecular weight is 455 g/mol. The van der Waals surface area contributed by atoms with E-state index in [9.17, 15) is 9.18 Å². The van der Waals surface area contributed by atoms with Crippen molar-refractivity contribution in [2.24, 2.45) is 0 Å². The van der Waals surface area contributed by atoms with Crippen molar-refractivity contribution in [1.29, 1.82) is 5.26 Å². The number of aryl methyl sites for hydroxylation is 1. The van der Waals surface area contributed by atoms with Gasteiger partial charge in [-0.2, -0.15) is 10.2 Å². The minimum Gasteiger partial charge on any atom is -0.493 e. The number of imidazole rings is 2. The number of ether oxygens (including phenoxy) is 1. The maximum absolute atomic E-state index is 14.1. The summed E-state index contributed by atoms with van der Waals surface area (Å²) in [6.45, 7) is 0.583. The Hall–Kier alpha value is -4.52. The summed E-state index contributed by atoms with van der Waals surface area (Å²) in [4.78, 5) is 27.3. The van der Waals surface area contributed by atoms with Crippen molar-refractivity contribution in [2.75, 3.05) is 6.61 Å². The number of fused-ring (bicyclic) bond motifs is 3. The zero-order valence-corrected chi connectivity index (χ0v) is 17.9. The Bertz CT molecular complexity index is 1660. The molecule has 168 valence electrons. The molecule has 0 N–H and O–H groups in total. The van der Waals surface area contributed by atoms with Gasteiger partial charge >= 0.3 is 5.69 Å². The summed E-state index contributed by atoms with van der Waals surface area (Å²) in [6.07, 6.45) is 3.86. The van der Waals surface area contributed by atoms with Gasteiger partial charge in [-0.05, 0) is 30.3 Å². The van der Waals surface area contributed by atoms with Crippen molar-refractivity contribution < 1.29 is 9.13 Å². The first-order chi connectivity index (χ1) is 16.7. The Morgan fingerprint density at radius 2 is 2.06 bits per heavy atom. The van der Waals surface area contributed by atoms with Crippen molar-refractivity contribution in [2.45, 2.75) is 25.4 Å². The molecule has 6 rings (SSSR count). The van der Waals surface area contributed by atoms with E-state index >= 15 is 0 Å². The highest BCUT2D eigenvalue weighted by atomic mass is 19.1. The molecule has 1 atom stereocenters. The molecule has 34 heavy (non-hydrogen) atoms. The first kappa shape index (κ1) is 20.1. The second kappa shape index (κ2) is 7.81. The molecule has 0 radical (unpaired) electrons. The molecule has 0 aliphatic carbocycles. The minimum atomic E-state index is -0.472. The second-order valence-electron chi connectivity index (χ2n) is 8.03. The second-order valence-corrected chi connectivity index (χ2v) is 8.03. The van der Waals surface area contributed by atoms with Crippen molar-refractivity contribution in [1.82, 2.24) is 28.7 Å². The molecule has 10 heteroatoms. The molecule has 2 aromatic carbocycles. The fourth-order valence-corrected chi connectivity index (χ4v) is 4.56. The van der Waals surface area contributed by atoms with E-state index in [-0.39, 0.29) is 18.7 Å². The molecular weight excluding hydrogens is 437 g/mol. The van der Waals surface area contributed by atoms with E-state index in [2.05, 4.69) is 16.0 Å². The molecule has 9 nitrogen and oxygen atoms in total. The summed E-state index contributed by atoms with van der Waals surface area (Å²) in [5.41, 5.74) is 2.81. The van der Waals surface area contributed by atoms with Crippen LogP contribution >= 0.6 is 0 Å². The standard InChI is InChI=1S/C24H18FN7O2/c25-15-6-7-21-16(12-15)18(8-11-34-21)32-22-20(30(24(32)33)10-3-9-26)13-27-23(29-22)31-14-28-17-4-1-2-5-19(17)31/h1-2,4-7,12-14,18H,3,8,10-11H2/t18-/m1/s1. The SMILES string of the molecule is N#CCCn1c(=O)n([C@@H]2CCOc3ccc(F)cc32)c2nc(-n3cnc4ccccc43)ncc21. The number of nitriles is 1. The predicted octanol–water partition coefficient (Wildman–Crippen LogP) is 3.36. The van der Waals surface area contributed by atoms with Gasteiger partial charge in [-0.15, -0.1) is 0 Å².